The van der Waals surface area contributed by atoms with Crippen molar-refractivity contribution >= 4 is 23.1 Å². The van der Waals surface area contributed by atoms with Gasteiger partial charge in [-0.3, -0.25) is 0 Å². The summed E-state index contributed by atoms with van der Waals surface area (Å²) in [5.41, 5.74) is 3.30. The molecule has 2 aromatic heterocycles. The van der Waals surface area contributed by atoms with Gasteiger partial charge >= 0.3 is 5.97 Å². The van der Waals surface area contributed by atoms with Gasteiger partial charge in [0.1, 0.15) is 5.82 Å². The number of carbonyl (C=O) groups is 1. The maximum atomic E-state index is 11.4. The Morgan fingerprint density at radius 1 is 1.50 bits per heavy atom. The second-order valence-corrected chi connectivity index (χ2v) is 4.58. The zero-order valence-corrected chi connectivity index (χ0v) is 11.0. The Bertz CT molecular complexity index is 554. The third-order valence-corrected chi connectivity index (χ3v) is 3.39. The molecule has 2 aromatic rings. The van der Waals surface area contributed by atoms with Crippen LogP contribution in [0.2, 0.25) is 0 Å². The first-order chi connectivity index (χ1) is 8.70. The van der Waals surface area contributed by atoms with Crippen LogP contribution in [0.25, 0.3) is 0 Å². The molecule has 0 fully saturated rings. The number of nitrogens with zero attached hydrogens (tertiary/aromatic N) is 2. The molecule has 94 valence electrons. The summed E-state index contributed by atoms with van der Waals surface area (Å²) in [6.45, 7) is 2.61. The molecule has 0 atom stereocenters. The van der Waals surface area contributed by atoms with Gasteiger partial charge in [0.15, 0.2) is 0 Å². The Morgan fingerprint density at radius 3 is 3.00 bits per heavy atom. The molecular weight excluding hydrogens is 250 g/mol. The van der Waals surface area contributed by atoms with Crippen molar-refractivity contribution in [3.63, 3.8) is 0 Å². The predicted molar refractivity (Wildman–Crippen MR) is 69.8 cm³/mol. The summed E-state index contributed by atoms with van der Waals surface area (Å²) in [5.74, 6) is 0.278. The van der Waals surface area contributed by atoms with E-state index in [0.29, 0.717) is 17.9 Å². The average molecular weight is 263 g/mol. The Kier molecular flexibility index (Phi) is 3.88. The third kappa shape index (κ3) is 2.84. The molecule has 0 aliphatic heterocycles. The number of nitrogens with one attached hydrogen (secondary N) is 1. The van der Waals surface area contributed by atoms with Crippen LogP contribution in [0.5, 0.6) is 0 Å². The Balaban J connectivity index is 2.06. The first-order valence-electron chi connectivity index (χ1n) is 5.38. The maximum Gasteiger partial charge on any atom is 0.338 e. The van der Waals surface area contributed by atoms with Gasteiger partial charge in [-0.05, 0) is 19.1 Å². The quantitative estimate of drug-likeness (QED) is 0.857. The lowest BCUT2D eigenvalue weighted by Gasteiger charge is -2.05. The van der Waals surface area contributed by atoms with Crippen molar-refractivity contribution in [3.05, 3.63) is 40.0 Å². The number of esters is 1. The number of hydrogen-bond donors (Lipinski definition) is 1. The molecule has 2 rings (SSSR count). The highest BCUT2D eigenvalue weighted by molar-refractivity contribution is 7.09. The summed E-state index contributed by atoms with van der Waals surface area (Å²) in [4.78, 5) is 20.8. The van der Waals surface area contributed by atoms with E-state index in [9.17, 15) is 4.79 Å². The fraction of sp³-hybridized carbons (Fsp3) is 0.250. The minimum absolute atomic E-state index is 0.366. The molecule has 18 heavy (non-hydrogen) atoms. The van der Waals surface area contributed by atoms with Crippen LogP contribution in [0.3, 0.4) is 0 Å². The Morgan fingerprint density at radius 2 is 2.33 bits per heavy atom. The molecule has 1 N–H and O–H groups in total. The minimum Gasteiger partial charge on any atom is -0.465 e. The SMILES string of the molecule is COC(=O)c1ccnc(NCc2scnc2C)c1. The highest BCUT2D eigenvalue weighted by atomic mass is 32.1. The van der Waals surface area contributed by atoms with Crippen molar-refractivity contribution in [2.75, 3.05) is 12.4 Å². The molecule has 0 bridgehead atoms. The Labute approximate surface area is 109 Å². The van der Waals surface area contributed by atoms with Gasteiger partial charge in [0.25, 0.3) is 0 Å². The van der Waals surface area contributed by atoms with E-state index < -0.39 is 0 Å². The van der Waals surface area contributed by atoms with E-state index >= 15 is 0 Å². The van der Waals surface area contributed by atoms with Crippen molar-refractivity contribution in [3.8, 4) is 0 Å². The monoisotopic (exact) mass is 263 g/mol. The summed E-state index contributed by atoms with van der Waals surface area (Å²) >= 11 is 1.59. The van der Waals surface area contributed by atoms with Crippen LogP contribution in [0.4, 0.5) is 5.82 Å². The summed E-state index contributed by atoms with van der Waals surface area (Å²) in [7, 11) is 1.36. The van der Waals surface area contributed by atoms with Gasteiger partial charge in [0, 0.05) is 11.1 Å². The number of hydrogen-bond acceptors (Lipinski definition) is 6. The van der Waals surface area contributed by atoms with Crippen LogP contribution in [-0.4, -0.2) is 23.0 Å². The first-order valence-corrected chi connectivity index (χ1v) is 6.26. The van der Waals surface area contributed by atoms with Gasteiger partial charge in [0.05, 0.1) is 30.4 Å². The van der Waals surface area contributed by atoms with E-state index in [1.54, 1.807) is 29.7 Å². The van der Waals surface area contributed by atoms with Crippen LogP contribution in [0.1, 0.15) is 20.9 Å². The van der Waals surface area contributed by atoms with E-state index in [2.05, 4.69) is 20.0 Å². The van der Waals surface area contributed by atoms with E-state index in [-0.39, 0.29) is 5.97 Å². The topological polar surface area (TPSA) is 64.1 Å². The van der Waals surface area contributed by atoms with Crippen LogP contribution < -0.4 is 5.32 Å². The van der Waals surface area contributed by atoms with Gasteiger partial charge in [-0.25, -0.2) is 14.8 Å². The van der Waals surface area contributed by atoms with E-state index in [0.717, 1.165) is 10.6 Å². The lowest BCUT2D eigenvalue weighted by atomic mass is 10.2. The zero-order chi connectivity index (χ0) is 13.0. The molecular formula is C12H13N3O2S. The smallest absolute Gasteiger partial charge is 0.338 e. The molecule has 6 heteroatoms. The van der Waals surface area contributed by atoms with Gasteiger partial charge in [-0.2, -0.15) is 0 Å². The largest absolute Gasteiger partial charge is 0.465 e. The molecule has 0 aliphatic carbocycles. The number of aryl methyl sites for hydroxylation is 1. The van der Waals surface area contributed by atoms with Crippen molar-refractivity contribution in [1.29, 1.82) is 0 Å². The number of carbonyl (C=O) groups excluding carboxylic acids is 1. The number of ether oxygens (including phenoxy) is 1. The molecule has 0 saturated carbocycles. The fourth-order valence-corrected chi connectivity index (χ4v) is 2.16. The number of pyridine rings is 1. The summed E-state index contributed by atoms with van der Waals surface area (Å²) < 4.78 is 4.66. The van der Waals surface area contributed by atoms with Crippen LogP contribution in [-0.2, 0) is 11.3 Å². The molecule has 0 saturated heterocycles. The average Bonchev–Trinajstić information content (AvgIpc) is 2.81. The van der Waals surface area contributed by atoms with E-state index in [1.165, 1.54) is 7.11 Å². The first kappa shape index (κ1) is 12.5. The number of aromatic nitrogens is 2. The normalized spacial score (nSPS) is 10.1. The zero-order valence-electron chi connectivity index (χ0n) is 10.1. The number of thiazole rings is 1. The van der Waals surface area contributed by atoms with Gasteiger partial charge in [0.2, 0.25) is 0 Å². The molecule has 0 radical (unpaired) electrons. The van der Waals surface area contributed by atoms with Crippen molar-refractivity contribution in [2.24, 2.45) is 0 Å². The van der Waals surface area contributed by atoms with Gasteiger partial charge < -0.3 is 10.1 Å². The third-order valence-electron chi connectivity index (χ3n) is 2.46. The van der Waals surface area contributed by atoms with Gasteiger partial charge in [-0.1, -0.05) is 0 Å². The molecule has 0 aliphatic rings. The van der Waals surface area contributed by atoms with Crippen molar-refractivity contribution in [2.45, 2.75) is 13.5 Å². The van der Waals surface area contributed by atoms with Crippen molar-refractivity contribution < 1.29 is 9.53 Å². The second kappa shape index (κ2) is 5.59. The standard InChI is InChI=1S/C12H13N3O2S/c1-8-10(18-7-15-8)6-14-11-5-9(3-4-13-11)12(16)17-2/h3-5,7H,6H2,1-2H3,(H,13,14). The lowest BCUT2D eigenvalue weighted by Crippen LogP contribution is -2.05. The summed E-state index contributed by atoms with van der Waals surface area (Å²) in [6, 6.07) is 3.29. The molecule has 0 aromatic carbocycles. The Hall–Kier alpha value is -1.95. The highest BCUT2D eigenvalue weighted by Crippen LogP contribution is 2.15. The van der Waals surface area contributed by atoms with Crippen LogP contribution in [0.15, 0.2) is 23.8 Å². The lowest BCUT2D eigenvalue weighted by molar-refractivity contribution is 0.0600. The number of methoxy groups -OCH3 is 1. The van der Waals surface area contributed by atoms with Gasteiger partial charge in [-0.15, -0.1) is 11.3 Å². The van der Waals surface area contributed by atoms with Crippen LogP contribution >= 0.6 is 11.3 Å². The number of anilines is 1. The second-order valence-electron chi connectivity index (χ2n) is 3.64. The predicted octanol–water partition coefficient (Wildman–Crippen LogP) is 2.25. The molecule has 0 spiro atoms. The number of rotatable bonds is 4. The summed E-state index contributed by atoms with van der Waals surface area (Å²) in [5, 5.41) is 3.16. The van der Waals surface area contributed by atoms with Crippen LogP contribution in [0, 0.1) is 6.92 Å². The van der Waals surface area contributed by atoms with Crippen molar-refractivity contribution in [1.82, 2.24) is 9.97 Å². The molecule has 5 nitrogen and oxygen atoms in total. The van der Waals surface area contributed by atoms with E-state index in [1.807, 2.05) is 12.4 Å². The summed E-state index contributed by atoms with van der Waals surface area (Å²) in [6.07, 6.45) is 1.58. The highest BCUT2D eigenvalue weighted by Gasteiger charge is 2.07. The molecule has 2 heterocycles. The fourth-order valence-electron chi connectivity index (χ4n) is 1.44. The van der Waals surface area contributed by atoms with E-state index in [4.69, 9.17) is 0 Å². The molecule has 0 unspecified atom stereocenters. The molecule has 0 amide bonds. The minimum atomic E-state index is -0.366. The maximum absolute atomic E-state index is 11.4.